The molecule has 0 bridgehead atoms. The van der Waals surface area contributed by atoms with E-state index in [1.54, 1.807) is 37.3 Å². The van der Waals surface area contributed by atoms with E-state index in [-0.39, 0.29) is 24.7 Å². The molecule has 32 heavy (non-hydrogen) atoms. The molecule has 8 heteroatoms. The van der Waals surface area contributed by atoms with Crippen LogP contribution in [0.15, 0.2) is 72.4 Å². The second-order valence-corrected chi connectivity index (χ2v) is 9.91. The Morgan fingerprint density at radius 3 is 2.22 bits per heavy atom. The van der Waals surface area contributed by atoms with E-state index >= 15 is 0 Å². The van der Waals surface area contributed by atoms with Gasteiger partial charge in [0, 0.05) is 6.42 Å². The van der Waals surface area contributed by atoms with E-state index in [1.807, 2.05) is 50.2 Å². The van der Waals surface area contributed by atoms with E-state index in [9.17, 15) is 13.2 Å². The van der Waals surface area contributed by atoms with Gasteiger partial charge in [-0.3, -0.25) is 10.3 Å². The Hall–Kier alpha value is -2.68. The van der Waals surface area contributed by atoms with Gasteiger partial charge in [-0.15, -0.1) is 0 Å². The van der Waals surface area contributed by atoms with Crippen molar-refractivity contribution in [3.8, 4) is 0 Å². The van der Waals surface area contributed by atoms with Crippen LogP contribution in [0, 0.1) is 5.92 Å². The molecule has 1 unspecified atom stereocenters. The van der Waals surface area contributed by atoms with Gasteiger partial charge in [-0.1, -0.05) is 74.5 Å². The number of hydrogen-bond acceptors (Lipinski definition) is 6. The molecule has 0 amide bonds. The van der Waals surface area contributed by atoms with Crippen LogP contribution in [0.3, 0.4) is 0 Å². The molecule has 1 heterocycles. The van der Waals surface area contributed by atoms with Crippen molar-refractivity contribution < 1.29 is 22.8 Å². The van der Waals surface area contributed by atoms with Crippen molar-refractivity contribution in [2.75, 3.05) is 6.61 Å². The summed E-state index contributed by atoms with van der Waals surface area (Å²) >= 11 is 0. The number of ether oxygens (including phenoxy) is 1. The van der Waals surface area contributed by atoms with Crippen LogP contribution in [0.25, 0.3) is 0 Å². The Balaban J connectivity index is 1.87. The number of carbonyl (C=O) groups excluding carboxylic acids is 1. The summed E-state index contributed by atoms with van der Waals surface area (Å²) in [6, 6.07) is 17.8. The van der Waals surface area contributed by atoms with Crippen LogP contribution in [0.4, 0.5) is 0 Å². The monoisotopic (exact) mass is 458 g/mol. The maximum absolute atomic E-state index is 12.9. The van der Waals surface area contributed by atoms with Crippen molar-refractivity contribution in [1.82, 2.24) is 10.2 Å². The minimum atomic E-state index is -3.65. The summed E-state index contributed by atoms with van der Waals surface area (Å²) in [5.41, 5.74) is 3.50. The smallest absolute Gasteiger partial charge is 0.345 e. The Morgan fingerprint density at radius 2 is 1.66 bits per heavy atom. The molecule has 2 atom stereocenters. The first-order valence-electron chi connectivity index (χ1n) is 10.7. The maximum atomic E-state index is 12.9. The molecule has 1 aliphatic heterocycles. The van der Waals surface area contributed by atoms with Crippen LogP contribution in [0.5, 0.6) is 0 Å². The summed E-state index contributed by atoms with van der Waals surface area (Å²) in [7, 11) is -3.65. The third-order valence-electron chi connectivity index (χ3n) is 5.18. The quantitative estimate of drug-likeness (QED) is 0.532. The van der Waals surface area contributed by atoms with Crippen molar-refractivity contribution in [2.24, 2.45) is 5.92 Å². The number of hydrogen-bond donors (Lipinski definition) is 2. The van der Waals surface area contributed by atoms with Gasteiger partial charge >= 0.3 is 5.97 Å². The van der Waals surface area contributed by atoms with Gasteiger partial charge in [0.2, 0.25) is 15.6 Å². The Labute approximate surface area is 189 Å². The molecule has 0 saturated carbocycles. The first kappa shape index (κ1) is 24.0. The van der Waals surface area contributed by atoms with Gasteiger partial charge in [-0.25, -0.2) is 17.9 Å². The van der Waals surface area contributed by atoms with Gasteiger partial charge in [-0.05, 0) is 30.0 Å². The normalized spacial score (nSPS) is 19.3. The predicted molar refractivity (Wildman–Crippen MR) is 123 cm³/mol. The summed E-state index contributed by atoms with van der Waals surface area (Å²) in [5.74, 6) is -0.767. The first-order chi connectivity index (χ1) is 15.2. The lowest BCUT2D eigenvalue weighted by atomic mass is 9.91. The molecule has 0 spiro atoms. The number of carbonyl (C=O) groups is 1. The standard InChI is InChI=1S/C24H30N2O5S/c1-4-30-23(27)24(15-19-11-7-5-8-12-19)16-21(25-31-24)22(18(2)3)26-32(28,29)17-20-13-9-6-10-14-20/h5-14,16,18,22,25-26H,4,15,17H2,1-3H3/t22-,24?/m0/s1. The molecule has 0 fully saturated rings. The second kappa shape index (κ2) is 10.3. The fourth-order valence-corrected chi connectivity index (χ4v) is 5.11. The molecule has 7 nitrogen and oxygen atoms in total. The Bertz CT molecular complexity index is 1040. The maximum Gasteiger partial charge on any atom is 0.345 e. The van der Waals surface area contributed by atoms with E-state index in [0.717, 1.165) is 5.56 Å². The van der Waals surface area contributed by atoms with Crippen LogP contribution in [-0.4, -0.2) is 32.6 Å². The molecule has 0 radical (unpaired) electrons. The zero-order chi connectivity index (χ0) is 23.2. The third kappa shape index (κ3) is 5.97. The molecular weight excluding hydrogens is 428 g/mol. The van der Waals surface area contributed by atoms with Crippen molar-refractivity contribution in [2.45, 2.75) is 44.6 Å². The molecule has 172 valence electrons. The molecule has 0 aliphatic carbocycles. The van der Waals surface area contributed by atoms with E-state index < -0.39 is 27.6 Å². The number of nitrogens with one attached hydrogen (secondary N) is 2. The molecule has 3 rings (SSSR count). The highest BCUT2D eigenvalue weighted by Gasteiger charge is 2.46. The molecule has 2 N–H and O–H groups in total. The van der Waals surface area contributed by atoms with Gasteiger partial charge in [0.05, 0.1) is 24.1 Å². The lowest BCUT2D eigenvalue weighted by molar-refractivity contribution is -0.168. The summed E-state index contributed by atoms with van der Waals surface area (Å²) in [4.78, 5) is 18.6. The topological polar surface area (TPSA) is 93.7 Å². The highest BCUT2D eigenvalue weighted by atomic mass is 32.2. The molecule has 0 aromatic heterocycles. The fraction of sp³-hybridized carbons (Fsp3) is 0.375. The number of esters is 1. The minimum Gasteiger partial charge on any atom is -0.464 e. The Morgan fingerprint density at radius 1 is 1.06 bits per heavy atom. The van der Waals surface area contributed by atoms with Crippen LogP contribution >= 0.6 is 0 Å². The van der Waals surface area contributed by atoms with Crippen molar-refractivity contribution in [1.29, 1.82) is 0 Å². The number of hydroxylamine groups is 1. The van der Waals surface area contributed by atoms with E-state index in [4.69, 9.17) is 9.57 Å². The lowest BCUT2D eigenvalue weighted by Gasteiger charge is -2.23. The average Bonchev–Trinajstić information content (AvgIpc) is 3.18. The summed E-state index contributed by atoms with van der Waals surface area (Å²) in [6.07, 6.45) is 1.90. The van der Waals surface area contributed by atoms with E-state index in [2.05, 4.69) is 10.2 Å². The predicted octanol–water partition coefficient (Wildman–Crippen LogP) is 3.09. The zero-order valence-electron chi connectivity index (χ0n) is 18.6. The van der Waals surface area contributed by atoms with Crippen LogP contribution in [0.1, 0.15) is 31.9 Å². The molecule has 2 aromatic rings. The van der Waals surface area contributed by atoms with Crippen LogP contribution in [0.2, 0.25) is 0 Å². The largest absolute Gasteiger partial charge is 0.464 e. The van der Waals surface area contributed by atoms with Gasteiger partial charge in [-0.2, -0.15) is 0 Å². The van der Waals surface area contributed by atoms with E-state index in [0.29, 0.717) is 11.3 Å². The highest BCUT2D eigenvalue weighted by molar-refractivity contribution is 7.88. The third-order valence-corrected chi connectivity index (χ3v) is 6.50. The highest BCUT2D eigenvalue weighted by Crippen LogP contribution is 2.30. The molecule has 0 saturated heterocycles. The van der Waals surface area contributed by atoms with Crippen molar-refractivity contribution >= 4 is 16.0 Å². The van der Waals surface area contributed by atoms with Gasteiger partial charge in [0.15, 0.2) is 0 Å². The number of benzene rings is 2. The van der Waals surface area contributed by atoms with Gasteiger partial charge in [0.1, 0.15) is 0 Å². The Kier molecular flexibility index (Phi) is 7.71. The molecular formula is C24H30N2O5S. The van der Waals surface area contributed by atoms with E-state index in [1.165, 1.54) is 0 Å². The van der Waals surface area contributed by atoms with Crippen LogP contribution < -0.4 is 10.2 Å². The van der Waals surface area contributed by atoms with Gasteiger partial charge < -0.3 is 4.74 Å². The summed E-state index contributed by atoms with van der Waals surface area (Å²) in [5, 5.41) is 0. The molecule has 1 aliphatic rings. The minimum absolute atomic E-state index is 0.0994. The lowest BCUT2D eigenvalue weighted by Crippen LogP contribution is -2.43. The van der Waals surface area contributed by atoms with Crippen LogP contribution in [-0.2, 0) is 36.6 Å². The number of sulfonamides is 1. The van der Waals surface area contributed by atoms with Gasteiger partial charge in [0.25, 0.3) is 0 Å². The van der Waals surface area contributed by atoms with Crippen molar-refractivity contribution in [3.63, 3.8) is 0 Å². The first-order valence-corrected chi connectivity index (χ1v) is 12.3. The second-order valence-electron chi connectivity index (χ2n) is 8.16. The van der Waals surface area contributed by atoms with Crippen molar-refractivity contribution in [3.05, 3.63) is 83.6 Å². The number of rotatable bonds is 10. The SMILES string of the molecule is CCOC(=O)C1(Cc2ccccc2)C=C([C@@H](NS(=O)(=O)Cc2ccccc2)C(C)C)NO1. The fourth-order valence-electron chi connectivity index (χ4n) is 3.61. The zero-order valence-corrected chi connectivity index (χ0v) is 19.4. The molecule has 2 aromatic carbocycles. The summed E-state index contributed by atoms with van der Waals surface area (Å²) in [6.45, 7) is 5.74. The average molecular weight is 459 g/mol. The summed E-state index contributed by atoms with van der Waals surface area (Å²) < 4.78 is 33.8.